The van der Waals surface area contributed by atoms with Crippen molar-refractivity contribution in [1.29, 1.82) is 0 Å². The van der Waals surface area contributed by atoms with Gasteiger partial charge in [0.25, 0.3) is 5.24 Å². The molecule has 0 spiro atoms. The zero-order chi connectivity index (χ0) is 12.5. The molecule has 0 heterocycles. The quantitative estimate of drug-likeness (QED) is 0.672. The van der Waals surface area contributed by atoms with Gasteiger partial charge in [-0.2, -0.15) is 0 Å². The van der Waals surface area contributed by atoms with Crippen molar-refractivity contribution < 1.29 is 22.7 Å². The smallest absolute Gasteiger partial charge is 0.405 e. The molecule has 0 aromatic heterocycles. The summed E-state index contributed by atoms with van der Waals surface area (Å²) in [5, 5.41) is -0.975. The van der Waals surface area contributed by atoms with Crippen molar-refractivity contribution in [3.63, 3.8) is 0 Å². The monoisotopic (exact) mass is 317 g/mol. The molecule has 0 amide bonds. The van der Waals surface area contributed by atoms with Gasteiger partial charge < -0.3 is 10.5 Å². The van der Waals surface area contributed by atoms with Crippen LogP contribution in [-0.2, 0) is 0 Å². The molecule has 16 heavy (non-hydrogen) atoms. The van der Waals surface area contributed by atoms with Gasteiger partial charge in [-0.3, -0.25) is 4.79 Å². The highest BCUT2D eigenvalue weighted by Crippen LogP contribution is 2.36. The van der Waals surface area contributed by atoms with E-state index in [9.17, 15) is 18.0 Å². The summed E-state index contributed by atoms with van der Waals surface area (Å²) >= 11 is 7.95. The Hall–Kier alpha value is -0.950. The van der Waals surface area contributed by atoms with Crippen molar-refractivity contribution in [3.05, 3.63) is 22.2 Å². The van der Waals surface area contributed by atoms with Gasteiger partial charge in [-0.15, -0.1) is 13.2 Å². The summed E-state index contributed by atoms with van der Waals surface area (Å²) in [6, 6.07) is 2.08. The Morgan fingerprint density at radius 3 is 2.44 bits per heavy atom. The van der Waals surface area contributed by atoms with Crippen LogP contribution in [0.1, 0.15) is 10.4 Å². The predicted molar refractivity (Wildman–Crippen MR) is 55.4 cm³/mol. The predicted octanol–water partition coefficient (Wildman–Crippen LogP) is 3.31. The second kappa shape index (κ2) is 4.50. The molecule has 8 heteroatoms. The van der Waals surface area contributed by atoms with E-state index in [1.807, 2.05) is 0 Å². The molecule has 0 aliphatic rings. The number of halogens is 5. The fraction of sp³-hybridized carbons (Fsp3) is 0.125. The number of ether oxygens (including phenoxy) is 1. The highest BCUT2D eigenvalue weighted by atomic mass is 79.9. The number of nitrogens with two attached hydrogens (primary N) is 1. The SMILES string of the molecule is Nc1ccc(OC(F)(F)F)c(Br)c1C(=O)Cl. The second-order valence-electron chi connectivity index (χ2n) is 2.66. The number of benzene rings is 1. The Bertz CT molecular complexity index is 436. The number of nitrogen functional groups attached to an aromatic ring is 1. The number of hydrogen-bond donors (Lipinski definition) is 1. The minimum Gasteiger partial charge on any atom is -0.405 e. The average Bonchev–Trinajstić information content (AvgIpc) is 2.07. The van der Waals surface area contributed by atoms with Crippen LogP contribution in [0.15, 0.2) is 16.6 Å². The van der Waals surface area contributed by atoms with E-state index in [0.717, 1.165) is 12.1 Å². The van der Waals surface area contributed by atoms with Gasteiger partial charge >= 0.3 is 6.36 Å². The van der Waals surface area contributed by atoms with Crippen LogP contribution in [0.3, 0.4) is 0 Å². The van der Waals surface area contributed by atoms with E-state index in [2.05, 4.69) is 20.7 Å². The van der Waals surface area contributed by atoms with E-state index in [4.69, 9.17) is 17.3 Å². The lowest BCUT2D eigenvalue weighted by Crippen LogP contribution is -2.18. The molecule has 2 N–H and O–H groups in total. The third kappa shape index (κ3) is 3.02. The number of alkyl halides is 3. The van der Waals surface area contributed by atoms with Crippen LogP contribution >= 0.6 is 27.5 Å². The first kappa shape index (κ1) is 13.1. The summed E-state index contributed by atoms with van der Waals surface area (Å²) in [6.07, 6.45) is -4.86. The molecular formula is C8H4BrClF3NO2. The standard InChI is InChI=1S/C8H4BrClF3NO2/c9-6-4(16-8(11,12)13)2-1-3(14)5(6)7(10)15/h1-2H,14H2. The van der Waals surface area contributed by atoms with E-state index in [1.165, 1.54) is 0 Å². The van der Waals surface area contributed by atoms with Gasteiger partial charge in [-0.25, -0.2) is 0 Å². The van der Waals surface area contributed by atoms with Crippen LogP contribution in [0.25, 0.3) is 0 Å². The van der Waals surface area contributed by atoms with E-state index in [-0.39, 0.29) is 15.7 Å². The molecule has 0 saturated heterocycles. The third-order valence-electron chi connectivity index (χ3n) is 1.56. The Balaban J connectivity index is 3.24. The fourth-order valence-electron chi connectivity index (χ4n) is 0.975. The van der Waals surface area contributed by atoms with Crippen LogP contribution in [-0.4, -0.2) is 11.6 Å². The number of anilines is 1. The van der Waals surface area contributed by atoms with Crippen LogP contribution in [0.5, 0.6) is 5.75 Å². The first-order valence-corrected chi connectivity index (χ1v) is 4.93. The molecule has 1 aromatic carbocycles. The second-order valence-corrected chi connectivity index (χ2v) is 3.80. The van der Waals surface area contributed by atoms with Gasteiger partial charge in [-0.05, 0) is 39.7 Å². The summed E-state index contributed by atoms with van der Waals surface area (Å²) < 4.78 is 39.3. The van der Waals surface area contributed by atoms with Gasteiger partial charge in [0.2, 0.25) is 0 Å². The highest BCUT2D eigenvalue weighted by Gasteiger charge is 2.33. The molecule has 88 valence electrons. The maximum atomic E-state index is 12.0. The Morgan fingerprint density at radius 1 is 1.44 bits per heavy atom. The van der Waals surface area contributed by atoms with Crippen molar-refractivity contribution in [1.82, 2.24) is 0 Å². The molecule has 3 nitrogen and oxygen atoms in total. The van der Waals surface area contributed by atoms with Gasteiger partial charge in [0.15, 0.2) is 0 Å². The van der Waals surface area contributed by atoms with E-state index < -0.39 is 17.4 Å². The summed E-state index contributed by atoms with van der Waals surface area (Å²) in [4.78, 5) is 10.9. The number of carbonyl (C=O) groups excluding carboxylic acids is 1. The van der Waals surface area contributed by atoms with Crippen molar-refractivity contribution >= 4 is 38.5 Å². The fourth-order valence-corrected chi connectivity index (χ4v) is 1.91. The van der Waals surface area contributed by atoms with E-state index in [1.54, 1.807) is 0 Å². The third-order valence-corrected chi connectivity index (χ3v) is 2.54. The first-order chi connectivity index (χ1) is 7.22. The molecule has 0 atom stereocenters. The van der Waals surface area contributed by atoms with Crippen molar-refractivity contribution in [2.24, 2.45) is 0 Å². The van der Waals surface area contributed by atoms with Gasteiger partial charge in [0.1, 0.15) is 5.75 Å². The molecule has 0 aliphatic carbocycles. The molecule has 0 saturated carbocycles. The van der Waals surface area contributed by atoms with E-state index >= 15 is 0 Å². The van der Waals surface area contributed by atoms with Crippen molar-refractivity contribution in [2.75, 3.05) is 5.73 Å². The van der Waals surface area contributed by atoms with Crippen LogP contribution < -0.4 is 10.5 Å². The normalized spacial score (nSPS) is 11.3. The highest BCUT2D eigenvalue weighted by molar-refractivity contribution is 9.10. The first-order valence-electron chi connectivity index (χ1n) is 3.76. The number of rotatable bonds is 2. The molecule has 0 unspecified atom stereocenters. The number of carbonyl (C=O) groups is 1. The molecule has 0 aliphatic heterocycles. The van der Waals surface area contributed by atoms with Crippen molar-refractivity contribution in [2.45, 2.75) is 6.36 Å². The maximum Gasteiger partial charge on any atom is 0.573 e. The van der Waals surface area contributed by atoms with Gasteiger partial charge in [0, 0.05) is 5.69 Å². The lowest BCUT2D eigenvalue weighted by Gasteiger charge is -2.12. The summed E-state index contributed by atoms with van der Waals surface area (Å²) in [7, 11) is 0. The molecular weight excluding hydrogens is 314 g/mol. The largest absolute Gasteiger partial charge is 0.573 e. The molecule has 0 radical (unpaired) electrons. The summed E-state index contributed by atoms with van der Waals surface area (Å²) in [5.74, 6) is -0.578. The summed E-state index contributed by atoms with van der Waals surface area (Å²) in [5.41, 5.74) is 5.08. The zero-order valence-electron chi connectivity index (χ0n) is 7.44. The van der Waals surface area contributed by atoms with Gasteiger partial charge in [-0.1, -0.05) is 0 Å². The molecule has 0 bridgehead atoms. The molecule has 1 rings (SSSR count). The molecule has 1 aromatic rings. The van der Waals surface area contributed by atoms with Crippen LogP contribution in [0.2, 0.25) is 0 Å². The average molecular weight is 318 g/mol. The number of hydrogen-bond acceptors (Lipinski definition) is 3. The summed E-state index contributed by atoms with van der Waals surface area (Å²) in [6.45, 7) is 0. The minimum absolute atomic E-state index is 0.0404. The Labute approximate surface area is 101 Å². The zero-order valence-corrected chi connectivity index (χ0v) is 9.78. The molecule has 0 fully saturated rings. The Morgan fingerprint density at radius 2 is 2.00 bits per heavy atom. The lowest BCUT2D eigenvalue weighted by atomic mass is 10.2. The van der Waals surface area contributed by atoms with Crippen LogP contribution in [0.4, 0.5) is 18.9 Å². The van der Waals surface area contributed by atoms with Crippen molar-refractivity contribution in [3.8, 4) is 5.75 Å². The van der Waals surface area contributed by atoms with Crippen LogP contribution in [0, 0.1) is 0 Å². The Kier molecular flexibility index (Phi) is 3.69. The minimum atomic E-state index is -4.86. The van der Waals surface area contributed by atoms with Gasteiger partial charge in [0.05, 0.1) is 10.0 Å². The topological polar surface area (TPSA) is 52.3 Å². The van der Waals surface area contributed by atoms with E-state index in [0.29, 0.717) is 0 Å². The maximum absolute atomic E-state index is 12.0. The lowest BCUT2D eigenvalue weighted by molar-refractivity contribution is -0.274.